The number of carbonyl (C=O) groups is 1. The Morgan fingerprint density at radius 1 is 1.41 bits per heavy atom. The minimum atomic E-state index is -0.460. The molecule has 1 fully saturated rings. The van der Waals surface area contributed by atoms with Crippen LogP contribution in [0, 0.1) is 0 Å². The van der Waals surface area contributed by atoms with Crippen LogP contribution in [-0.4, -0.2) is 40.4 Å². The Morgan fingerprint density at radius 3 is 2.59 bits per heavy atom. The molecule has 0 radical (unpaired) electrons. The Morgan fingerprint density at radius 2 is 2.06 bits per heavy atom. The van der Waals surface area contributed by atoms with Gasteiger partial charge in [0.25, 0.3) is 0 Å². The van der Waals surface area contributed by atoms with E-state index in [1.807, 2.05) is 32.6 Å². The Labute approximate surface area is 104 Å². The number of aliphatic hydroxyl groups is 1. The molecule has 2 atom stereocenters. The summed E-state index contributed by atoms with van der Waals surface area (Å²) in [5.41, 5.74) is -0.460. The molecule has 0 aromatic rings. The third kappa shape index (κ3) is 4.19. The quantitative estimate of drug-likeness (QED) is 0.811. The Kier molecular flexibility index (Phi) is 4.80. The molecule has 1 N–H and O–H groups in total. The van der Waals surface area contributed by atoms with Gasteiger partial charge in [0.05, 0.1) is 0 Å². The zero-order chi connectivity index (χ0) is 13.1. The van der Waals surface area contributed by atoms with Crippen LogP contribution in [0.3, 0.4) is 0 Å². The normalized spacial score (nSPS) is 25.8. The highest BCUT2D eigenvalue weighted by molar-refractivity contribution is 5.69. The number of aliphatic hydroxyl groups excluding tert-OH is 1. The third-order valence-corrected chi connectivity index (χ3v) is 3.09. The van der Waals surface area contributed by atoms with Crippen molar-refractivity contribution in [2.24, 2.45) is 0 Å². The van der Waals surface area contributed by atoms with Crippen LogP contribution in [0.15, 0.2) is 0 Å². The molecule has 1 aliphatic heterocycles. The summed E-state index contributed by atoms with van der Waals surface area (Å²) in [6, 6.07) is 0.328. The van der Waals surface area contributed by atoms with Crippen molar-refractivity contribution in [2.45, 2.75) is 71.1 Å². The van der Waals surface area contributed by atoms with Crippen LogP contribution in [-0.2, 0) is 4.74 Å². The van der Waals surface area contributed by atoms with E-state index < -0.39 is 5.60 Å². The van der Waals surface area contributed by atoms with Crippen molar-refractivity contribution in [3.63, 3.8) is 0 Å². The Balaban J connectivity index is 2.70. The van der Waals surface area contributed by atoms with Crippen molar-refractivity contribution in [3.05, 3.63) is 0 Å². The van der Waals surface area contributed by atoms with Gasteiger partial charge in [0.1, 0.15) is 5.60 Å². The molecule has 1 amide bonds. The van der Waals surface area contributed by atoms with E-state index >= 15 is 0 Å². The lowest BCUT2D eigenvalue weighted by molar-refractivity contribution is -0.00604. The maximum absolute atomic E-state index is 12.1. The molecule has 4 nitrogen and oxygen atoms in total. The van der Waals surface area contributed by atoms with E-state index in [0.717, 1.165) is 19.3 Å². The first-order chi connectivity index (χ1) is 7.85. The molecule has 0 bridgehead atoms. The summed E-state index contributed by atoms with van der Waals surface area (Å²) >= 11 is 0. The monoisotopic (exact) mass is 243 g/mol. The van der Waals surface area contributed by atoms with Crippen LogP contribution in [0.5, 0.6) is 0 Å². The first-order valence-electron chi connectivity index (χ1n) is 6.47. The van der Waals surface area contributed by atoms with E-state index in [-0.39, 0.29) is 24.8 Å². The number of likely N-dealkylation sites (tertiary alicyclic amines) is 1. The highest BCUT2D eigenvalue weighted by Gasteiger charge is 2.34. The van der Waals surface area contributed by atoms with E-state index in [0.29, 0.717) is 6.42 Å². The molecule has 1 heterocycles. The second-order valence-electron chi connectivity index (χ2n) is 5.83. The van der Waals surface area contributed by atoms with Gasteiger partial charge >= 0.3 is 6.09 Å². The van der Waals surface area contributed by atoms with Gasteiger partial charge in [-0.1, -0.05) is 0 Å². The van der Waals surface area contributed by atoms with Crippen LogP contribution < -0.4 is 0 Å². The molecule has 0 aliphatic carbocycles. The van der Waals surface area contributed by atoms with Crippen LogP contribution >= 0.6 is 0 Å². The van der Waals surface area contributed by atoms with E-state index in [2.05, 4.69) is 0 Å². The Hall–Kier alpha value is -0.770. The maximum atomic E-state index is 12.1. The van der Waals surface area contributed by atoms with Gasteiger partial charge in [0.15, 0.2) is 0 Å². The van der Waals surface area contributed by atoms with E-state index in [1.54, 1.807) is 0 Å². The number of hydrogen-bond donors (Lipinski definition) is 1. The summed E-state index contributed by atoms with van der Waals surface area (Å²) in [6.45, 7) is 7.80. The smallest absolute Gasteiger partial charge is 0.410 e. The maximum Gasteiger partial charge on any atom is 0.410 e. The van der Waals surface area contributed by atoms with Crippen LogP contribution in [0.25, 0.3) is 0 Å². The number of amides is 1. The first kappa shape index (κ1) is 14.3. The van der Waals surface area contributed by atoms with Gasteiger partial charge in [-0.25, -0.2) is 4.79 Å². The fraction of sp³-hybridized carbons (Fsp3) is 0.923. The molecule has 2 unspecified atom stereocenters. The van der Waals surface area contributed by atoms with Crippen molar-refractivity contribution in [1.82, 2.24) is 4.90 Å². The largest absolute Gasteiger partial charge is 0.444 e. The number of piperidine rings is 1. The third-order valence-electron chi connectivity index (χ3n) is 3.09. The summed E-state index contributed by atoms with van der Waals surface area (Å²) < 4.78 is 5.43. The Bertz CT molecular complexity index is 258. The van der Waals surface area contributed by atoms with Gasteiger partial charge in [0, 0.05) is 18.7 Å². The molecule has 0 saturated carbocycles. The predicted molar refractivity (Wildman–Crippen MR) is 66.9 cm³/mol. The molecule has 0 aromatic heterocycles. The minimum absolute atomic E-state index is 0.122. The number of carbonyl (C=O) groups excluding carboxylic acids is 1. The van der Waals surface area contributed by atoms with Gasteiger partial charge < -0.3 is 14.7 Å². The number of hydrogen-bond acceptors (Lipinski definition) is 3. The molecule has 0 spiro atoms. The van der Waals surface area contributed by atoms with Crippen LogP contribution in [0.4, 0.5) is 4.79 Å². The summed E-state index contributed by atoms with van der Waals surface area (Å²) in [4.78, 5) is 13.9. The zero-order valence-electron chi connectivity index (χ0n) is 11.4. The lowest BCUT2D eigenvalue weighted by Crippen LogP contribution is -2.50. The van der Waals surface area contributed by atoms with Crippen molar-refractivity contribution >= 4 is 6.09 Å². The van der Waals surface area contributed by atoms with Crippen LogP contribution in [0.1, 0.15) is 53.4 Å². The van der Waals surface area contributed by atoms with E-state index in [1.165, 1.54) is 0 Å². The minimum Gasteiger partial charge on any atom is -0.444 e. The fourth-order valence-corrected chi connectivity index (χ4v) is 2.36. The van der Waals surface area contributed by atoms with E-state index in [4.69, 9.17) is 9.84 Å². The standard InChI is InChI=1S/C13H25NO3/c1-10-6-5-7-11(8-9-15)14(10)12(16)17-13(2,3)4/h10-11,15H,5-9H2,1-4H3. The van der Waals surface area contributed by atoms with Gasteiger partial charge in [-0.05, 0) is 53.4 Å². The van der Waals surface area contributed by atoms with E-state index in [9.17, 15) is 4.79 Å². The molecular formula is C13H25NO3. The molecule has 4 heteroatoms. The van der Waals surface area contributed by atoms with Gasteiger partial charge in [-0.15, -0.1) is 0 Å². The highest BCUT2D eigenvalue weighted by Crippen LogP contribution is 2.26. The summed E-state index contributed by atoms with van der Waals surface area (Å²) in [6.07, 6.45) is 3.49. The number of rotatable bonds is 2. The molecule has 1 aliphatic rings. The van der Waals surface area contributed by atoms with Crippen molar-refractivity contribution in [2.75, 3.05) is 6.61 Å². The van der Waals surface area contributed by atoms with Gasteiger partial charge in [0.2, 0.25) is 0 Å². The highest BCUT2D eigenvalue weighted by atomic mass is 16.6. The lowest BCUT2D eigenvalue weighted by Gasteiger charge is -2.41. The van der Waals surface area contributed by atoms with Crippen molar-refractivity contribution in [3.8, 4) is 0 Å². The molecule has 1 rings (SSSR count). The molecule has 17 heavy (non-hydrogen) atoms. The first-order valence-corrected chi connectivity index (χ1v) is 6.47. The topological polar surface area (TPSA) is 49.8 Å². The SMILES string of the molecule is CC1CCCC(CCO)N1C(=O)OC(C)(C)C. The summed E-state index contributed by atoms with van der Waals surface area (Å²) in [5, 5.41) is 9.06. The predicted octanol–water partition coefficient (Wildman–Crippen LogP) is 2.55. The van der Waals surface area contributed by atoms with Crippen LogP contribution in [0.2, 0.25) is 0 Å². The molecule has 100 valence electrons. The number of nitrogens with zero attached hydrogens (tertiary/aromatic N) is 1. The number of ether oxygens (including phenoxy) is 1. The average molecular weight is 243 g/mol. The zero-order valence-corrected chi connectivity index (χ0v) is 11.4. The lowest BCUT2D eigenvalue weighted by atomic mass is 9.95. The second kappa shape index (κ2) is 5.71. The molecular weight excluding hydrogens is 218 g/mol. The van der Waals surface area contributed by atoms with Gasteiger partial charge in [-0.2, -0.15) is 0 Å². The fourth-order valence-electron chi connectivity index (χ4n) is 2.36. The molecule has 0 aromatic carbocycles. The van der Waals surface area contributed by atoms with Gasteiger partial charge in [-0.3, -0.25) is 0 Å². The van der Waals surface area contributed by atoms with Crippen molar-refractivity contribution < 1.29 is 14.6 Å². The summed E-state index contributed by atoms with van der Waals surface area (Å²) in [7, 11) is 0. The van der Waals surface area contributed by atoms with Crippen molar-refractivity contribution in [1.29, 1.82) is 0 Å². The molecule has 1 saturated heterocycles. The average Bonchev–Trinajstić information content (AvgIpc) is 2.15. The summed E-state index contributed by atoms with van der Waals surface area (Å²) in [5.74, 6) is 0. The second-order valence-corrected chi connectivity index (χ2v) is 5.83.